The van der Waals surface area contributed by atoms with E-state index < -0.39 is 6.36 Å². The first-order valence-electron chi connectivity index (χ1n) is 11.3. The van der Waals surface area contributed by atoms with Crippen LogP contribution in [0.3, 0.4) is 0 Å². The van der Waals surface area contributed by atoms with Crippen LogP contribution in [0.5, 0.6) is 5.75 Å². The minimum absolute atomic E-state index is 0.0607. The van der Waals surface area contributed by atoms with Crippen molar-refractivity contribution in [3.05, 3.63) is 52.4 Å². The van der Waals surface area contributed by atoms with Gasteiger partial charge in [0.15, 0.2) is 0 Å². The van der Waals surface area contributed by atoms with Crippen molar-refractivity contribution in [2.45, 2.75) is 44.1 Å². The zero-order valence-electron chi connectivity index (χ0n) is 18.1. The highest BCUT2D eigenvalue weighted by molar-refractivity contribution is 5.63. The number of benzene rings is 1. The number of halogens is 3. The summed E-state index contributed by atoms with van der Waals surface area (Å²) in [5, 5.41) is 0. The van der Waals surface area contributed by atoms with Crippen LogP contribution in [0.4, 0.5) is 13.2 Å². The molecule has 0 radical (unpaired) electrons. The largest absolute Gasteiger partial charge is 0.573 e. The summed E-state index contributed by atoms with van der Waals surface area (Å²) in [4.78, 5) is 18.3. The van der Waals surface area contributed by atoms with Crippen LogP contribution >= 0.6 is 0 Å². The van der Waals surface area contributed by atoms with Crippen molar-refractivity contribution in [2.24, 2.45) is 5.92 Å². The molecule has 2 atom stereocenters. The van der Waals surface area contributed by atoms with E-state index in [1.165, 1.54) is 37.1 Å². The Morgan fingerprint density at radius 2 is 1.69 bits per heavy atom. The van der Waals surface area contributed by atoms with Crippen LogP contribution < -0.4 is 10.3 Å². The molecule has 8 heteroatoms. The first-order chi connectivity index (χ1) is 15.3. The third kappa shape index (κ3) is 4.30. The number of alkyl halides is 3. The quantitative estimate of drug-likeness (QED) is 0.715. The Morgan fingerprint density at radius 3 is 2.38 bits per heavy atom. The van der Waals surface area contributed by atoms with Gasteiger partial charge in [-0.05, 0) is 75.1 Å². The van der Waals surface area contributed by atoms with Crippen molar-refractivity contribution in [1.82, 2.24) is 14.4 Å². The third-order valence-electron chi connectivity index (χ3n) is 7.24. The highest BCUT2D eigenvalue weighted by atomic mass is 19.4. The monoisotopic (exact) mass is 447 g/mol. The molecular weight excluding hydrogens is 419 g/mol. The van der Waals surface area contributed by atoms with Gasteiger partial charge in [-0.1, -0.05) is 12.1 Å². The van der Waals surface area contributed by atoms with Crippen LogP contribution in [0, 0.1) is 5.92 Å². The molecule has 2 bridgehead atoms. The zero-order valence-corrected chi connectivity index (χ0v) is 18.1. The maximum Gasteiger partial charge on any atom is 0.573 e. The van der Waals surface area contributed by atoms with Crippen LogP contribution in [0.1, 0.15) is 30.9 Å². The molecule has 1 aromatic carbocycles. The number of likely N-dealkylation sites (tertiary alicyclic amines) is 2. The van der Waals surface area contributed by atoms with E-state index in [-0.39, 0.29) is 11.3 Å². The number of ether oxygens (including phenoxy) is 1. The lowest BCUT2D eigenvalue weighted by Gasteiger charge is -2.47. The van der Waals surface area contributed by atoms with Gasteiger partial charge in [-0.2, -0.15) is 0 Å². The summed E-state index contributed by atoms with van der Waals surface area (Å²) in [6.45, 7) is 5.01. The SMILES string of the molecule is CN1CCC(N2C[C@@H]3C[C@H](C2)c2ccc(-c4ccc(OC(F)(F)F)cc4)c(=O)n2C3)CC1. The van der Waals surface area contributed by atoms with Crippen LogP contribution in [-0.4, -0.2) is 60.0 Å². The molecule has 3 aliphatic rings. The molecular formula is C24H28F3N3O2. The predicted molar refractivity (Wildman–Crippen MR) is 116 cm³/mol. The lowest BCUT2D eigenvalue weighted by Crippen LogP contribution is -2.53. The second-order valence-corrected chi connectivity index (χ2v) is 9.45. The van der Waals surface area contributed by atoms with Gasteiger partial charge in [0.1, 0.15) is 5.75 Å². The first-order valence-corrected chi connectivity index (χ1v) is 11.3. The van der Waals surface area contributed by atoms with Crippen LogP contribution in [-0.2, 0) is 6.54 Å². The maximum absolute atomic E-state index is 13.3. The molecule has 32 heavy (non-hydrogen) atoms. The van der Waals surface area contributed by atoms with E-state index >= 15 is 0 Å². The number of rotatable bonds is 3. The molecule has 0 N–H and O–H groups in total. The van der Waals surface area contributed by atoms with E-state index in [9.17, 15) is 18.0 Å². The molecule has 5 rings (SSSR count). The summed E-state index contributed by atoms with van der Waals surface area (Å²) in [6.07, 6.45) is -1.21. The van der Waals surface area contributed by atoms with Crippen molar-refractivity contribution in [3.8, 4) is 16.9 Å². The van der Waals surface area contributed by atoms with E-state index in [2.05, 4.69) is 21.6 Å². The van der Waals surface area contributed by atoms with Gasteiger partial charge in [-0.15, -0.1) is 13.2 Å². The molecule has 0 unspecified atom stereocenters. The molecule has 0 saturated carbocycles. The van der Waals surface area contributed by atoms with Gasteiger partial charge in [0.25, 0.3) is 5.56 Å². The van der Waals surface area contributed by atoms with Gasteiger partial charge in [-0.25, -0.2) is 0 Å². The molecule has 4 heterocycles. The summed E-state index contributed by atoms with van der Waals surface area (Å²) in [5.74, 6) is 0.519. The highest BCUT2D eigenvalue weighted by Gasteiger charge is 2.38. The molecule has 0 aliphatic carbocycles. The van der Waals surface area contributed by atoms with Crippen LogP contribution in [0.15, 0.2) is 41.2 Å². The number of nitrogens with zero attached hydrogens (tertiary/aromatic N) is 3. The Hall–Kier alpha value is -2.32. The summed E-state index contributed by atoms with van der Waals surface area (Å²) in [5.41, 5.74) is 2.14. The smallest absolute Gasteiger partial charge is 0.406 e. The number of hydrogen-bond donors (Lipinski definition) is 0. The fourth-order valence-electron chi connectivity index (χ4n) is 5.70. The van der Waals surface area contributed by atoms with Crippen molar-refractivity contribution in [1.29, 1.82) is 0 Å². The summed E-state index contributed by atoms with van der Waals surface area (Å²) < 4.78 is 43.1. The minimum atomic E-state index is -4.73. The van der Waals surface area contributed by atoms with E-state index in [0.29, 0.717) is 35.5 Å². The van der Waals surface area contributed by atoms with Gasteiger partial charge in [-0.3, -0.25) is 9.69 Å². The Labute approximate surface area is 185 Å². The lowest BCUT2D eigenvalue weighted by molar-refractivity contribution is -0.274. The van der Waals surface area contributed by atoms with Gasteiger partial charge in [0, 0.05) is 42.9 Å². The zero-order chi connectivity index (χ0) is 22.5. The number of fused-ring (bicyclic) bond motifs is 4. The molecule has 1 aromatic heterocycles. The number of hydrogen-bond acceptors (Lipinski definition) is 4. The molecule has 0 amide bonds. The Morgan fingerprint density at radius 1 is 0.969 bits per heavy atom. The Bertz CT molecular complexity index is 1030. The number of pyridine rings is 1. The minimum Gasteiger partial charge on any atom is -0.406 e. The number of aromatic nitrogens is 1. The Kier molecular flexibility index (Phi) is 5.53. The topological polar surface area (TPSA) is 37.7 Å². The van der Waals surface area contributed by atoms with E-state index in [1.54, 1.807) is 0 Å². The fraction of sp³-hybridized carbons (Fsp3) is 0.542. The maximum atomic E-state index is 13.3. The van der Waals surface area contributed by atoms with Crippen molar-refractivity contribution < 1.29 is 17.9 Å². The van der Waals surface area contributed by atoms with Gasteiger partial charge in [0.05, 0.1) is 0 Å². The van der Waals surface area contributed by atoms with Gasteiger partial charge >= 0.3 is 6.36 Å². The highest BCUT2D eigenvalue weighted by Crippen LogP contribution is 2.37. The van der Waals surface area contributed by atoms with Crippen molar-refractivity contribution in [2.75, 3.05) is 33.2 Å². The molecule has 172 valence electrons. The molecule has 2 fully saturated rings. The Balaban J connectivity index is 1.37. The molecule has 5 nitrogen and oxygen atoms in total. The van der Waals surface area contributed by atoms with Gasteiger partial charge < -0.3 is 14.2 Å². The number of piperidine rings is 2. The van der Waals surface area contributed by atoms with Gasteiger partial charge in [0.2, 0.25) is 0 Å². The van der Waals surface area contributed by atoms with E-state index in [1.807, 2.05) is 16.7 Å². The average Bonchev–Trinajstić information content (AvgIpc) is 2.74. The summed E-state index contributed by atoms with van der Waals surface area (Å²) in [7, 11) is 2.18. The van der Waals surface area contributed by atoms with Crippen molar-refractivity contribution in [3.63, 3.8) is 0 Å². The van der Waals surface area contributed by atoms with Crippen molar-refractivity contribution >= 4 is 0 Å². The molecule has 2 saturated heterocycles. The van der Waals surface area contributed by atoms with Crippen LogP contribution in [0.2, 0.25) is 0 Å². The average molecular weight is 448 g/mol. The van der Waals surface area contributed by atoms with E-state index in [4.69, 9.17) is 0 Å². The first kappa shape index (κ1) is 21.5. The molecule has 2 aromatic rings. The van der Waals surface area contributed by atoms with E-state index in [0.717, 1.165) is 38.3 Å². The standard InChI is InChI=1S/C24H28F3N3O2/c1-28-10-8-19(9-11-28)29-13-16-12-18(15-29)22-7-6-21(23(31)30(22)14-16)17-2-4-20(5-3-17)32-24(25,26)27/h2-7,16,18-19H,8-15H2,1H3/t16-,18+/m0/s1. The molecule has 3 aliphatic heterocycles. The second kappa shape index (κ2) is 8.23. The molecule has 0 spiro atoms. The fourth-order valence-corrected chi connectivity index (χ4v) is 5.70. The summed E-state index contributed by atoms with van der Waals surface area (Å²) in [6, 6.07) is 10.0. The normalized spacial score (nSPS) is 24.9. The van der Waals surface area contributed by atoms with Crippen LogP contribution in [0.25, 0.3) is 11.1 Å². The summed E-state index contributed by atoms with van der Waals surface area (Å²) >= 11 is 0. The lowest BCUT2D eigenvalue weighted by atomic mass is 9.81. The second-order valence-electron chi connectivity index (χ2n) is 9.45. The third-order valence-corrected chi connectivity index (χ3v) is 7.24. The predicted octanol–water partition coefficient (Wildman–Crippen LogP) is 3.93.